The van der Waals surface area contributed by atoms with Crippen LogP contribution in [-0.2, 0) is 11.3 Å². The van der Waals surface area contributed by atoms with Gasteiger partial charge in [0.1, 0.15) is 0 Å². The van der Waals surface area contributed by atoms with Crippen molar-refractivity contribution in [3.05, 3.63) is 35.9 Å². The fourth-order valence-electron chi connectivity index (χ4n) is 1.77. The third-order valence-corrected chi connectivity index (χ3v) is 2.73. The molecule has 1 saturated heterocycles. The van der Waals surface area contributed by atoms with Crippen molar-refractivity contribution in [3.8, 4) is 0 Å². The molecule has 0 aliphatic carbocycles. The van der Waals surface area contributed by atoms with Gasteiger partial charge in [-0.05, 0) is 12.0 Å². The molecule has 3 nitrogen and oxygen atoms in total. The summed E-state index contributed by atoms with van der Waals surface area (Å²) >= 11 is 0. The van der Waals surface area contributed by atoms with E-state index in [0.717, 1.165) is 13.0 Å². The molecule has 1 aromatic carbocycles. The summed E-state index contributed by atoms with van der Waals surface area (Å²) in [5.74, 6) is 0. The van der Waals surface area contributed by atoms with Crippen molar-refractivity contribution < 1.29 is 9.84 Å². The topological polar surface area (TPSA) is 41.5 Å². The molecule has 15 heavy (non-hydrogen) atoms. The maximum Gasteiger partial charge on any atom is 0.0737 e. The molecule has 0 unspecified atom stereocenters. The molecule has 1 aromatic rings. The standard InChI is InChI=1S/C12H17NO2/c14-12-6-7-15-9-11(12)13-8-10-4-2-1-3-5-10/h1-5,11-14H,6-9H2/t11-,12-/m0/s1. The van der Waals surface area contributed by atoms with Gasteiger partial charge in [-0.15, -0.1) is 0 Å². The second kappa shape index (κ2) is 5.26. The number of aliphatic hydroxyl groups excluding tert-OH is 1. The number of aliphatic hydroxyl groups is 1. The molecule has 0 bridgehead atoms. The average molecular weight is 207 g/mol. The molecular formula is C12H17NO2. The van der Waals surface area contributed by atoms with Crippen LogP contribution in [0.1, 0.15) is 12.0 Å². The first-order chi connectivity index (χ1) is 7.36. The molecule has 82 valence electrons. The van der Waals surface area contributed by atoms with Crippen LogP contribution in [0.2, 0.25) is 0 Å². The molecular weight excluding hydrogens is 190 g/mol. The van der Waals surface area contributed by atoms with Gasteiger partial charge >= 0.3 is 0 Å². The molecule has 2 rings (SSSR count). The predicted molar refractivity (Wildman–Crippen MR) is 58.5 cm³/mol. The third kappa shape index (κ3) is 3.02. The van der Waals surface area contributed by atoms with Gasteiger partial charge in [0.2, 0.25) is 0 Å². The number of nitrogens with one attached hydrogen (secondary N) is 1. The van der Waals surface area contributed by atoms with Crippen LogP contribution < -0.4 is 5.32 Å². The maximum absolute atomic E-state index is 9.70. The van der Waals surface area contributed by atoms with E-state index in [1.54, 1.807) is 0 Å². The number of hydrogen-bond acceptors (Lipinski definition) is 3. The van der Waals surface area contributed by atoms with Gasteiger partial charge in [0, 0.05) is 13.2 Å². The molecule has 0 amide bonds. The number of rotatable bonds is 3. The lowest BCUT2D eigenvalue weighted by Crippen LogP contribution is -2.46. The van der Waals surface area contributed by atoms with E-state index in [9.17, 15) is 5.11 Å². The summed E-state index contributed by atoms with van der Waals surface area (Å²) in [4.78, 5) is 0. The summed E-state index contributed by atoms with van der Waals surface area (Å²) in [5.41, 5.74) is 1.23. The van der Waals surface area contributed by atoms with Crippen LogP contribution in [0.3, 0.4) is 0 Å². The highest BCUT2D eigenvalue weighted by atomic mass is 16.5. The highest BCUT2D eigenvalue weighted by Crippen LogP contribution is 2.08. The van der Waals surface area contributed by atoms with E-state index in [1.807, 2.05) is 18.2 Å². The Kier molecular flexibility index (Phi) is 3.72. The Morgan fingerprint density at radius 1 is 1.33 bits per heavy atom. The first kappa shape index (κ1) is 10.6. The predicted octanol–water partition coefficient (Wildman–Crippen LogP) is 0.926. The summed E-state index contributed by atoms with van der Waals surface area (Å²) in [5, 5.41) is 13.0. The van der Waals surface area contributed by atoms with Crippen LogP contribution in [0.4, 0.5) is 0 Å². The van der Waals surface area contributed by atoms with Gasteiger partial charge in [-0.1, -0.05) is 30.3 Å². The monoisotopic (exact) mass is 207 g/mol. The minimum absolute atomic E-state index is 0.0685. The normalized spacial score (nSPS) is 26.5. The van der Waals surface area contributed by atoms with E-state index in [2.05, 4.69) is 17.4 Å². The Balaban J connectivity index is 1.82. The van der Waals surface area contributed by atoms with Gasteiger partial charge in [-0.3, -0.25) is 0 Å². The van der Waals surface area contributed by atoms with Crippen LogP contribution in [0.5, 0.6) is 0 Å². The quantitative estimate of drug-likeness (QED) is 0.774. The minimum atomic E-state index is -0.275. The number of benzene rings is 1. The van der Waals surface area contributed by atoms with E-state index in [1.165, 1.54) is 5.56 Å². The smallest absolute Gasteiger partial charge is 0.0737 e. The summed E-state index contributed by atoms with van der Waals surface area (Å²) in [6.07, 6.45) is 0.453. The largest absolute Gasteiger partial charge is 0.391 e. The molecule has 2 N–H and O–H groups in total. The lowest BCUT2D eigenvalue weighted by molar-refractivity contribution is -0.0159. The molecule has 2 atom stereocenters. The Labute approximate surface area is 90.1 Å². The minimum Gasteiger partial charge on any atom is -0.391 e. The van der Waals surface area contributed by atoms with Gasteiger partial charge in [-0.25, -0.2) is 0 Å². The lowest BCUT2D eigenvalue weighted by atomic mass is 10.1. The first-order valence-corrected chi connectivity index (χ1v) is 5.39. The zero-order valence-electron chi connectivity index (χ0n) is 8.73. The first-order valence-electron chi connectivity index (χ1n) is 5.39. The van der Waals surface area contributed by atoms with Crippen LogP contribution >= 0.6 is 0 Å². The van der Waals surface area contributed by atoms with Crippen molar-refractivity contribution >= 4 is 0 Å². The molecule has 0 radical (unpaired) electrons. The second-order valence-corrected chi connectivity index (χ2v) is 3.90. The molecule has 1 aliphatic rings. The van der Waals surface area contributed by atoms with E-state index in [0.29, 0.717) is 13.2 Å². The van der Waals surface area contributed by atoms with Gasteiger partial charge in [0.05, 0.1) is 18.8 Å². The van der Waals surface area contributed by atoms with E-state index in [-0.39, 0.29) is 12.1 Å². The average Bonchev–Trinajstić information content (AvgIpc) is 2.29. The van der Waals surface area contributed by atoms with Crippen LogP contribution in [0, 0.1) is 0 Å². The summed E-state index contributed by atoms with van der Waals surface area (Å²) in [6, 6.07) is 10.3. The van der Waals surface area contributed by atoms with Crippen LogP contribution in [-0.4, -0.2) is 30.5 Å². The van der Waals surface area contributed by atoms with E-state index in [4.69, 9.17) is 4.74 Å². The molecule has 0 spiro atoms. The summed E-state index contributed by atoms with van der Waals surface area (Å²) in [6.45, 7) is 2.06. The SMILES string of the molecule is O[C@H]1CCOC[C@@H]1NCc1ccccc1. The van der Waals surface area contributed by atoms with E-state index < -0.39 is 0 Å². The van der Waals surface area contributed by atoms with Crippen molar-refractivity contribution in [2.45, 2.75) is 25.1 Å². The Morgan fingerprint density at radius 2 is 2.13 bits per heavy atom. The zero-order chi connectivity index (χ0) is 10.5. The van der Waals surface area contributed by atoms with Crippen LogP contribution in [0.25, 0.3) is 0 Å². The fourth-order valence-corrected chi connectivity index (χ4v) is 1.77. The van der Waals surface area contributed by atoms with Gasteiger partial charge < -0.3 is 15.2 Å². The highest BCUT2D eigenvalue weighted by molar-refractivity contribution is 5.14. The zero-order valence-corrected chi connectivity index (χ0v) is 8.73. The Bertz CT molecular complexity index is 289. The van der Waals surface area contributed by atoms with Crippen molar-refractivity contribution in [1.82, 2.24) is 5.32 Å². The highest BCUT2D eigenvalue weighted by Gasteiger charge is 2.22. The van der Waals surface area contributed by atoms with Crippen molar-refractivity contribution in [3.63, 3.8) is 0 Å². The fraction of sp³-hybridized carbons (Fsp3) is 0.500. The summed E-state index contributed by atoms with van der Waals surface area (Å²) in [7, 11) is 0. The van der Waals surface area contributed by atoms with Crippen molar-refractivity contribution in [2.24, 2.45) is 0 Å². The van der Waals surface area contributed by atoms with Gasteiger partial charge in [-0.2, -0.15) is 0 Å². The molecule has 0 saturated carbocycles. The molecule has 1 heterocycles. The maximum atomic E-state index is 9.70. The Hall–Kier alpha value is -0.900. The molecule has 3 heteroatoms. The van der Waals surface area contributed by atoms with Gasteiger partial charge in [0.25, 0.3) is 0 Å². The number of hydrogen-bond donors (Lipinski definition) is 2. The molecule has 1 fully saturated rings. The van der Waals surface area contributed by atoms with E-state index >= 15 is 0 Å². The summed E-state index contributed by atoms with van der Waals surface area (Å²) < 4.78 is 5.32. The lowest BCUT2D eigenvalue weighted by Gasteiger charge is -2.28. The molecule has 1 aliphatic heterocycles. The second-order valence-electron chi connectivity index (χ2n) is 3.90. The molecule has 0 aromatic heterocycles. The Morgan fingerprint density at radius 3 is 2.87 bits per heavy atom. The van der Waals surface area contributed by atoms with Crippen molar-refractivity contribution in [1.29, 1.82) is 0 Å². The van der Waals surface area contributed by atoms with Crippen LogP contribution in [0.15, 0.2) is 30.3 Å². The third-order valence-electron chi connectivity index (χ3n) is 2.73. The van der Waals surface area contributed by atoms with Crippen molar-refractivity contribution in [2.75, 3.05) is 13.2 Å². The van der Waals surface area contributed by atoms with Gasteiger partial charge in [0.15, 0.2) is 0 Å². The number of ether oxygens (including phenoxy) is 1.